The molecule has 1 unspecified atom stereocenters. The summed E-state index contributed by atoms with van der Waals surface area (Å²) in [7, 11) is 0. The lowest BCUT2D eigenvalue weighted by Crippen LogP contribution is -2.51. The summed E-state index contributed by atoms with van der Waals surface area (Å²) in [4.78, 5) is 26.1. The van der Waals surface area contributed by atoms with Gasteiger partial charge >= 0.3 is 0 Å². The van der Waals surface area contributed by atoms with Crippen LogP contribution in [0.25, 0.3) is 0 Å². The maximum absolute atomic E-state index is 12.6. The summed E-state index contributed by atoms with van der Waals surface area (Å²) in [6.07, 6.45) is 0.788. The Labute approximate surface area is 164 Å². The average Bonchev–Trinajstić information content (AvgIpc) is 2.60. The number of hydrogen-bond donors (Lipinski definition) is 1. The minimum Gasteiger partial charge on any atom is -0.457 e. The summed E-state index contributed by atoms with van der Waals surface area (Å²) in [5, 5.41) is 0.596. The molecular weight excluding hydrogens is 364 g/mol. The molecular formula is C21H23ClN2O3. The Balaban J connectivity index is 1.84. The first kappa shape index (κ1) is 19.2. The van der Waals surface area contributed by atoms with E-state index in [9.17, 15) is 9.59 Å². The zero-order chi connectivity index (χ0) is 19.6. The summed E-state index contributed by atoms with van der Waals surface area (Å²) < 4.78 is 5.87. The molecule has 5 nitrogen and oxygen atoms in total. The standard InChI is InChI=1S/C21H23ClN2O3/c1-13(2)8-20(25)24-12-14-6-7-18(9-15(14)10-19(24)21(23)26)27-17-5-3-4-16(22)11-17/h3-7,9,11,13,19H,8,10,12H2,1-2H3,(H2,23,26). The van der Waals surface area contributed by atoms with Crippen LogP contribution in [0.3, 0.4) is 0 Å². The summed E-state index contributed by atoms with van der Waals surface area (Å²) >= 11 is 5.99. The maximum atomic E-state index is 12.6. The number of fused-ring (bicyclic) bond motifs is 1. The number of nitrogens with two attached hydrogens (primary N) is 1. The van der Waals surface area contributed by atoms with Gasteiger partial charge in [-0.25, -0.2) is 0 Å². The van der Waals surface area contributed by atoms with Gasteiger partial charge in [0.05, 0.1) is 0 Å². The number of nitrogens with zero attached hydrogens (tertiary/aromatic N) is 1. The topological polar surface area (TPSA) is 72.6 Å². The molecule has 0 aromatic heterocycles. The maximum Gasteiger partial charge on any atom is 0.240 e. The quantitative estimate of drug-likeness (QED) is 0.846. The molecule has 27 heavy (non-hydrogen) atoms. The number of carbonyl (C=O) groups excluding carboxylic acids is 2. The molecule has 142 valence electrons. The molecule has 1 aliphatic heterocycles. The van der Waals surface area contributed by atoms with Crippen LogP contribution in [-0.4, -0.2) is 22.8 Å². The minimum absolute atomic E-state index is 0.0429. The Bertz CT molecular complexity index is 866. The zero-order valence-corrected chi connectivity index (χ0v) is 16.2. The van der Waals surface area contributed by atoms with Gasteiger partial charge < -0.3 is 15.4 Å². The van der Waals surface area contributed by atoms with Gasteiger partial charge in [0.15, 0.2) is 0 Å². The van der Waals surface area contributed by atoms with Crippen molar-refractivity contribution in [3.8, 4) is 11.5 Å². The van der Waals surface area contributed by atoms with Gasteiger partial charge in [-0.15, -0.1) is 0 Å². The smallest absolute Gasteiger partial charge is 0.240 e. The number of amides is 2. The molecule has 0 aliphatic carbocycles. The van der Waals surface area contributed by atoms with Gasteiger partial charge in [-0.1, -0.05) is 37.6 Å². The summed E-state index contributed by atoms with van der Waals surface area (Å²) in [5.74, 6) is 0.984. The molecule has 2 aromatic rings. The van der Waals surface area contributed by atoms with Crippen LogP contribution in [0.2, 0.25) is 5.02 Å². The van der Waals surface area contributed by atoms with Crippen LogP contribution < -0.4 is 10.5 Å². The largest absolute Gasteiger partial charge is 0.457 e. The summed E-state index contributed by atoms with van der Waals surface area (Å²) in [6.45, 7) is 4.34. The van der Waals surface area contributed by atoms with Gasteiger partial charge in [-0.05, 0) is 47.4 Å². The molecule has 1 aliphatic rings. The third-order valence-electron chi connectivity index (χ3n) is 4.57. The van der Waals surface area contributed by atoms with Crippen LogP contribution in [0.4, 0.5) is 0 Å². The highest BCUT2D eigenvalue weighted by atomic mass is 35.5. The van der Waals surface area contributed by atoms with Crippen molar-refractivity contribution in [3.05, 3.63) is 58.6 Å². The fourth-order valence-electron chi connectivity index (χ4n) is 3.27. The fourth-order valence-corrected chi connectivity index (χ4v) is 3.45. The predicted octanol–water partition coefficient (Wildman–Crippen LogP) is 3.92. The fraction of sp³-hybridized carbons (Fsp3) is 0.333. The number of ether oxygens (including phenoxy) is 1. The number of hydrogen-bond acceptors (Lipinski definition) is 3. The predicted molar refractivity (Wildman–Crippen MR) is 105 cm³/mol. The molecule has 0 fully saturated rings. The van der Waals surface area contributed by atoms with E-state index >= 15 is 0 Å². The molecule has 6 heteroatoms. The van der Waals surface area contributed by atoms with Gasteiger partial charge in [-0.2, -0.15) is 0 Å². The van der Waals surface area contributed by atoms with Gasteiger partial charge in [-0.3, -0.25) is 9.59 Å². The summed E-state index contributed by atoms with van der Waals surface area (Å²) in [5.41, 5.74) is 7.55. The SMILES string of the molecule is CC(C)CC(=O)N1Cc2ccc(Oc3cccc(Cl)c3)cc2CC1C(N)=O. The number of primary amides is 1. The third-order valence-corrected chi connectivity index (χ3v) is 4.81. The van der Waals surface area contributed by atoms with E-state index in [1.807, 2.05) is 44.2 Å². The highest BCUT2D eigenvalue weighted by Gasteiger charge is 2.33. The van der Waals surface area contributed by atoms with E-state index in [-0.39, 0.29) is 11.8 Å². The minimum atomic E-state index is -0.634. The average molecular weight is 387 g/mol. The molecule has 2 N–H and O–H groups in total. The number of benzene rings is 2. The Hall–Kier alpha value is -2.53. The number of carbonyl (C=O) groups is 2. The Kier molecular flexibility index (Phi) is 5.71. The van der Waals surface area contributed by atoms with E-state index in [1.54, 1.807) is 17.0 Å². The zero-order valence-electron chi connectivity index (χ0n) is 15.4. The van der Waals surface area contributed by atoms with Crippen molar-refractivity contribution >= 4 is 23.4 Å². The second kappa shape index (κ2) is 8.01. The Morgan fingerprint density at radius 3 is 2.59 bits per heavy atom. The van der Waals surface area contributed by atoms with Crippen LogP contribution in [0.15, 0.2) is 42.5 Å². The molecule has 0 radical (unpaired) electrons. The van der Waals surface area contributed by atoms with Crippen molar-refractivity contribution in [1.29, 1.82) is 0 Å². The molecule has 2 amide bonds. The van der Waals surface area contributed by atoms with Gasteiger partial charge in [0.25, 0.3) is 0 Å². The first-order chi connectivity index (χ1) is 12.8. The number of halogens is 1. The second-order valence-corrected chi connectivity index (χ2v) is 7.67. The normalized spacial score (nSPS) is 16.1. The van der Waals surface area contributed by atoms with E-state index in [0.29, 0.717) is 35.9 Å². The van der Waals surface area contributed by atoms with E-state index in [2.05, 4.69) is 0 Å². The molecule has 0 saturated carbocycles. The van der Waals surface area contributed by atoms with Crippen molar-refractivity contribution in [2.75, 3.05) is 0 Å². The molecule has 2 aromatic carbocycles. The van der Waals surface area contributed by atoms with Crippen LogP contribution in [0.1, 0.15) is 31.4 Å². The van der Waals surface area contributed by atoms with Crippen LogP contribution in [-0.2, 0) is 22.6 Å². The number of rotatable bonds is 5. The van der Waals surface area contributed by atoms with Gasteiger partial charge in [0.1, 0.15) is 17.5 Å². The van der Waals surface area contributed by atoms with E-state index in [1.165, 1.54) is 0 Å². The third kappa shape index (κ3) is 4.61. The van der Waals surface area contributed by atoms with Crippen molar-refractivity contribution in [2.24, 2.45) is 11.7 Å². The van der Waals surface area contributed by atoms with E-state index in [0.717, 1.165) is 11.1 Å². The second-order valence-electron chi connectivity index (χ2n) is 7.23. The molecule has 0 saturated heterocycles. The molecule has 1 heterocycles. The lowest BCUT2D eigenvalue weighted by molar-refractivity contribution is -0.141. The first-order valence-electron chi connectivity index (χ1n) is 8.97. The van der Waals surface area contributed by atoms with Crippen molar-refractivity contribution < 1.29 is 14.3 Å². The molecule has 1 atom stereocenters. The van der Waals surface area contributed by atoms with Crippen LogP contribution >= 0.6 is 11.6 Å². The molecule has 0 bridgehead atoms. The lowest BCUT2D eigenvalue weighted by Gasteiger charge is -2.35. The Morgan fingerprint density at radius 2 is 1.93 bits per heavy atom. The molecule has 0 spiro atoms. The highest BCUT2D eigenvalue weighted by molar-refractivity contribution is 6.30. The van der Waals surface area contributed by atoms with Gasteiger partial charge in [0, 0.05) is 24.4 Å². The van der Waals surface area contributed by atoms with E-state index < -0.39 is 11.9 Å². The van der Waals surface area contributed by atoms with E-state index in [4.69, 9.17) is 22.1 Å². The van der Waals surface area contributed by atoms with Crippen LogP contribution in [0.5, 0.6) is 11.5 Å². The lowest BCUT2D eigenvalue weighted by atomic mass is 9.92. The van der Waals surface area contributed by atoms with Crippen molar-refractivity contribution in [3.63, 3.8) is 0 Å². The van der Waals surface area contributed by atoms with Crippen molar-refractivity contribution in [2.45, 2.75) is 39.3 Å². The Morgan fingerprint density at radius 1 is 1.19 bits per heavy atom. The highest BCUT2D eigenvalue weighted by Crippen LogP contribution is 2.30. The van der Waals surface area contributed by atoms with Crippen molar-refractivity contribution in [1.82, 2.24) is 4.90 Å². The summed E-state index contributed by atoms with van der Waals surface area (Å²) in [6, 6.07) is 12.2. The molecule has 3 rings (SSSR count). The van der Waals surface area contributed by atoms with Gasteiger partial charge in [0.2, 0.25) is 11.8 Å². The first-order valence-corrected chi connectivity index (χ1v) is 9.35. The monoisotopic (exact) mass is 386 g/mol. The van der Waals surface area contributed by atoms with Crippen LogP contribution in [0, 0.1) is 5.92 Å².